The fourth-order valence-corrected chi connectivity index (χ4v) is 2.11. The third-order valence-electron chi connectivity index (χ3n) is 3.35. The molecule has 1 fully saturated rings. The molecular weight excluding hydrogens is 272 g/mol. The van der Waals surface area contributed by atoms with Crippen LogP contribution >= 0.6 is 0 Å². The summed E-state index contributed by atoms with van der Waals surface area (Å²) in [6.45, 7) is 3.60. The Hall–Kier alpha value is -1.63. The van der Waals surface area contributed by atoms with Gasteiger partial charge < -0.3 is 19.5 Å². The van der Waals surface area contributed by atoms with Gasteiger partial charge in [-0.15, -0.1) is 0 Å². The number of aliphatic hydroxyl groups excluding tert-OH is 1. The zero-order valence-electron chi connectivity index (χ0n) is 12.5. The highest BCUT2D eigenvalue weighted by atomic mass is 16.6. The van der Waals surface area contributed by atoms with Crippen molar-refractivity contribution in [1.82, 2.24) is 9.80 Å². The molecule has 1 aliphatic heterocycles. The van der Waals surface area contributed by atoms with Gasteiger partial charge in [0.25, 0.3) is 0 Å². The lowest BCUT2D eigenvalue weighted by Crippen LogP contribution is -2.38. The number of carbonyl (C=O) groups excluding carboxylic acids is 1. The van der Waals surface area contributed by atoms with E-state index in [-0.39, 0.29) is 0 Å². The zero-order chi connectivity index (χ0) is 15.2. The lowest BCUT2D eigenvalue weighted by atomic mass is 10.1. The Morgan fingerprint density at radius 3 is 2.81 bits per heavy atom. The molecule has 0 spiro atoms. The predicted molar refractivity (Wildman–Crippen MR) is 78.4 cm³/mol. The fraction of sp³-hybridized carbons (Fsp3) is 0.533. The molecule has 6 heteroatoms. The quantitative estimate of drug-likeness (QED) is 0.901. The molecule has 1 N–H and O–H groups in total. The minimum absolute atomic E-state index is 0.435. The van der Waals surface area contributed by atoms with Gasteiger partial charge in [0.2, 0.25) is 0 Å². The van der Waals surface area contributed by atoms with Crippen molar-refractivity contribution in [1.29, 1.82) is 0 Å². The zero-order valence-corrected chi connectivity index (χ0v) is 12.5. The molecule has 6 nitrogen and oxygen atoms in total. The molecule has 1 aromatic rings. The van der Waals surface area contributed by atoms with Crippen LogP contribution in [0.5, 0.6) is 5.75 Å². The van der Waals surface area contributed by atoms with E-state index in [1.54, 1.807) is 32.3 Å². The summed E-state index contributed by atoms with van der Waals surface area (Å²) in [7, 11) is 3.25. The minimum Gasteiger partial charge on any atom is -0.410 e. The third kappa shape index (κ3) is 4.70. The van der Waals surface area contributed by atoms with Crippen LogP contribution in [0.2, 0.25) is 0 Å². The second-order valence-electron chi connectivity index (χ2n) is 5.26. The van der Waals surface area contributed by atoms with Gasteiger partial charge in [0.15, 0.2) is 0 Å². The Labute approximate surface area is 124 Å². The number of benzene rings is 1. The van der Waals surface area contributed by atoms with Crippen LogP contribution in [-0.2, 0) is 4.74 Å². The smallest absolute Gasteiger partial charge is 0.410 e. The maximum Gasteiger partial charge on any atom is 0.414 e. The molecule has 21 heavy (non-hydrogen) atoms. The summed E-state index contributed by atoms with van der Waals surface area (Å²) in [5.74, 6) is 0.437. The molecule has 1 aromatic carbocycles. The highest BCUT2D eigenvalue weighted by Gasteiger charge is 2.17. The molecule has 1 unspecified atom stereocenters. The molecule has 116 valence electrons. The summed E-state index contributed by atoms with van der Waals surface area (Å²) < 4.78 is 10.5. The molecule has 1 atom stereocenters. The average molecular weight is 294 g/mol. The van der Waals surface area contributed by atoms with Gasteiger partial charge in [0, 0.05) is 33.7 Å². The average Bonchev–Trinajstić information content (AvgIpc) is 2.48. The lowest BCUT2D eigenvalue weighted by molar-refractivity contribution is 0.0143. The van der Waals surface area contributed by atoms with Crippen LogP contribution in [0.1, 0.15) is 11.7 Å². The highest BCUT2D eigenvalue weighted by Crippen LogP contribution is 2.21. The van der Waals surface area contributed by atoms with Gasteiger partial charge in [-0.05, 0) is 17.7 Å². The van der Waals surface area contributed by atoms with E-state index in [0.29, 0.717) is 25.5 Å². The number of rotatable bonds is 4. The third-order valence-corrected chi connectivity index (χ3v) is 3.35. The Bertz CT molecular complexity index is 472. The minimum atomic E-state index is -0.610. The van der Waals surface area contributed by atoms with Crippen molar-refractivity contribution in [2.24, 2.45) is 0 Å². The number of β-amino-alcohol motifs (C(OH)–C–C–N with tert-alkyl or cyclic N) is 1. The van der Waals surface area contributed by atoms with E-state index in [1.165, 1.54) is 4.90 Å². The molecule has 0 saturated carbocycles. The first-order valence-electron chi connectivity index (χ1n) is 7.03. The number of morpholine rings is 1. The van der Waals surface area contributed by atoms with Gasteiger partial charge in [-0.1, -0.05) is 12.1 Å². The van der Waals surface area contributed by atoms with Crippen LogP contribution in [0.3, 0.4) is 0 Å². The van der Waals surface area contributed by atoms with Crippen molar-refractivity contribution in [3.63, 3.8) is 0 Å². The molecule has 2 rings (SSSR count). The number of nitrogens with zero attached hydrogens (tertiary/aromatic N) is 2. The Morgan fingerprint density at radius 1 is 1.43 bits per heavy atom. The number of carbonyl (C=O) groups is 1. The van der Waals surface area contributed by atoms with Crippen LogP contribution in [0.15, 0.2) is 24.3 Å². The van der Waals surface area contributed by atoms with Crippen LogP contribution in [0, 0.1) is 0 Å². The summed E-state index contributed by atoms with van der Waals surface area (Å²) in [4.78, 5) is 15.0. The van der Waals surface area contributed by atoms with E-state index < -0.39 is 12.2 Å². The molecule has 0 bridgehead atoms. The number of amides is 1. The van der Waals surface area contributed by atoms with Gasteiger partial charge in [0.05, 0.1) is 19.3 Å². The first-order chi connectivity index (χ1) is 10.1. The standard InChI is InChI=1S/C15H22N2O4/c1-16(2)15(19)21-13-5-3-4-12(10-13)14(18)11-17-6-8-20-9-7-17/h3-5,10,14,18H,6-9,11H2,1-2H3. The van der Waals surface area contributed by atoms with Crippen molar-refractivity contribution in [2.75, 3.05) is 46.9 Å². The van der Waals surface area contributed by atoms with Gasteiger partial charge in [-0.2, -0.15) is 0 Å². The topological polar surface area (TPSA) is 62.2 Å². The van der Waals surface area contributed by atoms with Crippen LogP contribution in [0.4, 0.5) is 4.79 Å². The molecule has 1 aliphatic rings. The normalized spacial score (nSPS) is 17.3. The fourth-order valence-electron chi connectivity index (χ4n) is 2.11. The second kappa shape index (κ2) is 7.40. The molecule has 0 radical (unpaired) electrons. The Balaban J connectivity index is 1.97. The van der Waals surface area contributed by atoms with E-state index in [4.69, 9.17) is 9.47 Å². The Kier molecular flexibility index (Phi) is 5.55. The number of hydrogen-bond donors (Lipinski definition) is 1. The summed E-state index contributed by atoms with van der Waals surface area (Å²) in [5.41, 5.74) is 0.741. The van der Waals surface area contributed by atoms with Crippen molar-refractivity contribution in [2.45, 2.75) is 6.10 Å². The second-order valence-corrected chi connectivity index (χ2v) is 5.26. The van der Waals surface area contributed by atoms with Gasteiger partial charge in [0.1, 0.15) is 5.75 Å². The van der Waals surface area contributed by atoms with E-state index in [1.807, 2.05) is 6.07 Å². The number of aliphatic hydroxyl groups is 1. The Morgan fingerprint density at radius 2 is 2.14 bits per heavy atom. The maximum absolute atomic E-state index is 11.5. The van der Waals surface area contributed by atoms with E-state index in [2.05, 4.69) is 4.90 Å². The summed E-state index contributed by atoms with van der Waals surface area (Å²) in [6, 6.07) is 7.01. The number of ether oxygens (including phenoxy) is 2. The van der Waals surface area contributed by atoms with Gasteiger partial charge >= 0.3 is 6.09 Å². The van der Waals surface area contributed by atoms with E-state index in [9.17, 15) is 9.90 Å². The van der Waals surface area contributed by atoms with Crippen LogP contribution in [0.25, 0.3) is 0 Å². The predicted octanol–water partition coefficient (Wildman–Crippen LogP) is 1.11. The van der Waals surface area contributed by atoms with Crippen LogP contribution in [-0.4, -0.2) is 67.9 Å². The van der Waals surface area contributed by atoms with E-state index >= 15 is 0 Å². The molecule has 1 amide bonds. The van der Waals surface area contributed by atoms with Crippen molar-refractivity contribution < 1.29 is 19.4 Å². The molecule has 1 saturated heterocycles. The molecular formula is C15H22N2O4. The maximum atomic E-state index is 11.5. The SMILES string of the molecule is CN(C)C(=O)Oc1cccc(C(O)CN2CCOCC2)c1. The first-order valence-corrected chi connectivity index (χ1v) is 7.03. The molecule has 0 aromatic heterocycles. The summed E-state index contributed by atoms with van der Waals surface area (Å²) >= 11 is 0. The number of hydrogen-bond acceptors (Lipinski definition) is 5. The molecule has 1 heterocycles. The van der Waals surface area contributed by atoms with Crippen molar-refractivity contribution >= 4 is 6.09 Å². The highest BCUT2D eigenvalue weighted by molar-refractivity contribution is 5.70. The van der Waals surface area contributed by atoms with E-state index in [0.717, 1.165) is 18.7 Å². The first kappa shape index (κ1) is 15.8. The van der Waals surface area contributed by atoms with Gasteiger partial charge in [-0.3, -0.25) is 4.90 Å². The molecule has 0 aliphatic carbocycles. The summed E-state index contributed by atoms with van der Waals surface area (Å²) in [6.07, 6.45) is -1.05. The largest absolute Gasteiger partial charge is 0.414 e. The lowest BCUT2D eigenvalue weighted by Gasteiger charge is -2.28. The monoisotopic (exact) mass is 294 g/mol. The van der Waals surface area contributed by atoms with Gasteiger partial charge in [-0.25, -0.2) is 4.79 Å². The van der Waals surface area contributed by atoms with Crippen molar-refractivity contribution in [3.05, 3.63) is 29.8 Å². The van der Waals surface area contributed by atoms with Crippen molar-refractivity contribution in [3.8, 4) is 5.75 Å². The summed E-state index contributed by atoms with van der Waals surface area (Å²) in [5, 5.41) is 10.3. The van der Waals surface area contributed by atoms with Crippen LogP contribution < -0.4 is 4.74 Å².